The average molecular weight is 678 g/mol. The summed E-state index contributed by atoms with van der Waals surface area (Å²) in [4.78, 5) is 0. The fourth-order valence-electron chi connectivity index (χ4n) is 4.14. The van der Waals surface area contributed by atoms with Crippen LogP contribution in [0.4, 0.5) is 0 Å². The van der Waals surface area contributed by atoms with Crippen molar-refractivity contribution in [3.63, 3.8) is 0 Å². The van der Waals surface area contributed by atoms with Gasteiger partial charge in [0.1, 0.15) is 0 Å². The molecule has 0 saturated heterocycles. The largest absolute Gasteiger partial charge is 4.00 e. The van der Waals surface area contributed by atoms with Crippen molar-refractivity contribution in [3.8, 4) is 0 Å². The monoisotopic (exact) mass is 677 g/mol. The molecule has 0 atom stereocenters. The van der Waals surface area contributed by atoms with E-state index in [1.54, 1.807) is 10.4 Å². The summed E-state index contributed by atoms with van der Waals surface area (Å²) in [5.74, 6) is 0. The molecule has 1 rings (SSSR count). The minimum atomic E-state index is -2.74. The van der Waals surface area contributed by atoms with Gasteiger partial charge in [-0.05, 0) is 38.9 Å². The Morgan fingerprint density at radius 1 is 0.844 bits per heavy atom. The zero-order chi connectivity index (χ0) is 21.4. The van der Waals surface area contributed by atoms with E-state index in [-0.39, 0.29) is 43.3 Å². The van der Waals surface area contributed by atoms with Crippen LogP contribution in [-0.4, -0.2) is 44.8 Å². The Morgan fingerprint density at radius 2 is 1.28 bits per heavy atom. The van der Waals surface area contributed by atoms with Gasteiger partial charge < -0.3 is 35.6 Å². The molecule has 0 spiro atoms. The summed E-state index contributed by atoms with van der Waals surface area (Å²) in [6, 6.07) is 7.61. The van der Waals surface area contributed by atoms with E-state index in [4.69, 9.17) is 13.3 Å². The van der Waals surface area contributed by atoms with Crippen LogP contribution in [0, 0.1) is 22.3 Å². The van der Waals surface area contributed by atoms with Crippen molar-refractivity contribution in [3.05, 3.63) is 65.3 Å². The maximum Gasteiger partial charge on any atom is 4.00 e. The summed E-state index contributed by atoms with van der Waals surface area (Å²) in [5, 5.41) is 3.16. The molecule has 0 unspecified atom stereocenters. The molecule has 1 aromatic rings. The molecule has 0 aliphatic heterocycles. The van der Waals surface area contributed by atoms with Crippen molar-refractivity contribution in [2.24, 2.45) is 0 Å². The standard InChI is InChI=1S/C22H41O3Si3.3CH3.Pt/c1-10-17-26(6,7)21-16-15-20(22(21)27(8,9)18-11-2)19-28(23-12-3,24-13-4)25-14-5;;;;/h10-11,15-16H,1-2,12-14,17-19H2,3-9H3;3*1H3;/q4*-1;+4. The van der Waals surface area contributed by atoms with Crippen LogP contribution < -0.4 is 10.4 Å². The number of hydrogen-bond acceptors (Lipinski definition) is 3. The van der Waals surface area contributed by atoms with Gasteiger partial charge in [0.05, 0.1) is 8.07 Å². The molecule has 0 fully saturated rings. The molecule has 0 saturated carbocycles. The molecule has 0 radical (unpaired) electrons. The minimum absolute atomic E-state index is 0. The van der Waals surface area contributed by atoms with E-state index < -0.39 is 25.0 Å². The van der Waals surface area contributed by atoms with E-state index in [1.165, 1.54) is 5.56 Å². The van der Waals surface area contributed by atoms with Gasteiger partial charge in [-0.25, -0.2) is 6.07 Å². The number of hydrogen-bond donors (Lipinski definition) is 0. The molecule has 0 aliphatic rings. The molecule has 0 heterocycles. The predicted molar refractivity (Wildman–Crippen MR) is 150 cm³/mol. The van der Waals surface area contributed by atoms with Gasteiger partial charge in [0.15, 0.2) is 0 Å². The molecular weight excluding hydrogens is 628 g/mol. The maximum absolute atomic E-state index is 6.17. The van der Waals surface area contributed by atoms with E-state index in [0.717, 1.165) is 18.1 Å². The summed E-state index contributed by atoms with van der Waals surface area (Å²) in [7, 11) is -6.03. The zero-order valence-electron chi connectivity index (χ0n) is 22.5. The Morgan fingerprint density at radius 3 is 1.66 bits per heavy atom. The van der Waals surface area contributed by atoms with Crippen LogP contribution in [0.1, 0.15) is 26.3 Å². The maximum atomic E-state index is 6.17. The molecule has 0 aromatic heterocycles. The van der Waals surface area contributed by atoms with Gasteiger partial charge in [-0.15, -0.1) is 13.2 Å². The first-order valence-electron chi connectivity index (χ1n) is 10.6. The molecule has 7 heteroatoms. The third-order valence-electron chi connectivity index (χ3n) is 5.26. The fourth-order valence-corrected chi connectivity index (χ4v) is 14.1. The quantitative estimate of drug-likeness (QED) is 0.136. The molecule has 1 aromatic carbocycles. The van der Waals surface area contributed by atoms with Crippen LogP contribution in [0.2, 0.25) is 38.3 Å². The Labute approximate surface area is 219 Å². The zero-order valence-corrected chi connectivity index (χ0v) is 27.8. The van der Waals surface area contributed by atoms with Crippen LogP contribution in [0.5, 0.6) is 0 Å². The Bertz CT molecular complexity index is 625. The first-order valence-corrected chi connectivity index (χ1v) is 18.9. The van der Waals surface area contributed by atoms with Gasteiger partial charge in [0.25, 0.3) is 0 Å². The van der Waals surface area contributed by atoms with Crippen molar-refractivity contribution in [1.82, 2.24) is 0 Å². The molecule has 190 valence electrons. The topological polar surface area (TPSA) is 27.7 Å². The average Bonchev–Trinajstić information content (AvgIpc) is 3.00. The SMILES string of the molecule is C=CC[Si](C)(C)c1c(C[Si](OCC)(OCC)OCC)cc[c-]1[Si](C)(C)CC=C.[CH3-].[CH3-].[CH3-].[Pt+4]. The molecular formula is C25H50O3PtSi3. The number of allylic oxidation sites excluding steroid dienone is 2. The third kappa shape index (κ3) is 10.1. The van der Waals surface area contributed by atoms with Gasteiger partial charge in [-0.3, -0.25) is 0 Å². The number of rotatable bonds is 14. The molecule has 0 N–H and O–H groups in total. The summed E-state index contributed by atoms with van der Waals surface area (Å²) in [6.07, 6.45) is 4.18. The molecule has 0 aliphatic carbocycles. The van der Waals surface area contributed by atoms with Gasteiger partial charge in [0.2, 0.25) is 0 Å². The second-order valence-corrected chi connectivity index (χ2v) is 20.5. The van der Waals surface area contributed by atoms with Crippen molar-refractivity contribution < 1.29 is 34.3 Å². The Balaban J connectivity index is -0.000000980. The first-order chi connectivity index (χ1) is 13.1. The minimum Gasteiger partial charge on any atom is -0.374 e. The Kier molecular flexibility index (Phi) is 21.5. The van der Waals surface area contributed by atoms with E-state index in [2.05, 4.69) is 63.6 Å². The van der Waals surface area contributed by atoms with E-state index in [9.17, 15) is 0 Å². The summed E-state index contributed by atoms with van der Waals surface area (Å²) in [5.41, 5.74) is 1.38. The van der Waals surface area contributed by atoms with Crippen LogP contribution >= 0.6 is 0 Å². The van der Waals surface area contributed by atoms with E-state index >= 15 is 0 Å². The molecule has 32 heavy (non-hydrogen) atoms. The summed E-state index contributed by atoms with van der Waals surface area (Å²) >= 11 is 0. The Hall–Kier alpha value is 0.0490. The molecule has 0 bridgehead atoms. The van der Waals surface area contributed by atoms with Crippen LogP contribution in [0.15, 0.2) is 37.4 Å². The van der Waals surface area contributed by atoms with Crippen molar-refractivity contribution in [2.75, 3.05) is 19.8 Å². The third-order valence-corrected chi connectivity index (χ3v) is 14.9. The summed E-state index contributed by atoms with van der Waals surface area (Å²) in [6.45, 7) is 25.8. The van der Waals surface area contributed by atoms with Gasteiger partial charge in [-0.2, -0.15) is 22.0 Å². The van der Waals surface area contributed by atoms with Crippen molar-refractivity contribution in [2.45, 2.75) is 65.1 Å². The van der Waals surface area contributed by atoms with Gasteiger partial charge >= 0.3 is 29.9 Å². The predicted octanol–water partition coefficient (Wildman–Crippen LogP) is 6.09. The van der Waals surface area contributed by atoms with Gasteiger partial charge in [-0.1, -0.05) is 38.3 Å². The smallest absolute Gasteiger partial charge is 0.374 e. The van der Waals surface area contributed by atoms with E-state index in [0.29, 0.717) is 19.8 Å². The molecule has 3 nitrogen and oxygen atoms in total. The first kappa shape index (κ1) is 39.3. The fraction of sp³-hybridized carbons (Fsp3) is 0.520. The summed E-state index contributed by atoms with van der Waals surface area (Å²) < 4.78 is 18.5. The van der Waals surface area contributed by atoms with Crippen LogP contribution in [0.3, 0.4) is 0 Å². The second-order valence-electron chi connectivity index (χ2n) is 8.56. The second kappa shape index (κ2) is 17.5. The van der Waals surface area contributed by atoms with E-state index in [1.807, 2.05) is 20.8 Å². The molecule has 0 amide bonds. The van der Waals surface area contributed by atoms with Crippen LogP contribution in [-0.2, 0) is 40.4 Å². The van der Waals surface area contributed by atoms with Crippen molar-refractivity contribution in [1.29, 1.82) is 0 Å². The van der Waals surface area contributed by atoms with Crippen molar-refractivity contribution >= 4 is 35.3 Å². The normalized spacial score (nSPS) is 11.3. The van der Waals surface area contributed by atoms with Crippen LogP contribution in [0.25, 0.3) is 0 Å². The van der Waals surface area contributed by atoms with Gasteiger partial charge in [0, 0.05) is 27.9 Å².